The van der Waals surface area contributed by atoms with Gasteiger partial charge in [0.15, 0.2) is 11.2 Å². The van der Waals surface area contributed by atoms with E-state index in [1.165, 1.54) is 7.11 Å². The Hall–Kier alpha value is -2.40. The summed E-state index contributed by atoms with van der Waals surface area (Å²) in [6.07, 6.45) is 0.975. The van der Waals surface area contributed by atoms with Gasteiger partial charge in [0, 0.05) is 17.0 Å². The molecule has 1 aliphatic heterocycles. The number of rotatable bonds is 8. The molecule has 1 N–H and O–H groups in total. The van der Waals surface area contributed by atoms with Crippen LogP contribution in [0.15, 0.2) is 48.7 Å². The number of Topliss-reactive ketones (excluding diaryl/α,β-unsaturated/α-hetero) is 1. The number of methoxy groups -OCH3 is 1. The Labute approximate surface area is 174 Å². The number of benzene rings is 1. The zero-order valence-corrected chi connectivity index (χ0v) is 18.2. The van der Waals surface area contributed by atoms with E-state index in [2.05, 4.69) is 32.3 Å². The third-order valence-corrected chi connectivity index (χ3v) is 5.43. The largest absolute Gasteiger partial charge is 0.468 e. The number of hydrogen-bond donors (Lipinski definition) is 1. The summed E-state index contributed by atoms with van der Waals surface area (Å²) in [5, 5.41) is 3.17. The molecular formula is C24H33NO4. The van der Waals surface area contributed by atoms with E-state index < -0.39 is 17.5 Å². The van der Waals surface area contributed by atoms with Gasteiger partial charge in [0.05, 0.1) is 19.3 Å². The van der Waals surface area contributed by atoms with Crippen LogP contribution in [0.25, 0.3) is 0 Å². The molecule has 1 fully saturated rings. The molecule has 1 heterocycles. The number of nitrogens with one attached hydrogen (secondary N) is 1. The zero-order chi connectivity index (χ0) is 21.8. The van der Waals surface area contributed by atoms with Crippen LogP contribution >= 0.6 is 0 Å². The quantitative estimate of drug-likeness (QED) is 0.390. The lowest BCUT2D eigenvalue weighted by molar-refractivity contribution is -0.176. The van der Waals surface area contributed by atoms with Gasteiger partial charge < -0.3 is 14.8 Å². The first-order valence-electron chi connectivity index (χ1n) is 10.1. The highest BCUT2D eigenvalue weighted by atomic mass is 16.5. The molecule has 0 spiro atoms. The minimum atomic E-state index is -1.37. The second-order valence-corrected chi connectivity index (χ2v) is 8.43. The van der Waals surface area contributed by atoms with Crippen molar-refractivity contribution >= 4 is 17.4 Å². The molecule has 1 aromatic carbocycles. The standard InChI is InChI=1S/C24H33NO4/c1-15(2)14-20-17(5)22(26)24(6,23(27)28-7)21(29-20)13-10-18-8-11-19(12-9-18)25-16(3)4/h8-9,11-12,15,20-21,25H,3,5,10,13-14H2,1-2,4,6-7H3. The van der Waals surface area contributed by atoms with Crippen molar-refractivity contribution in [2.75, 3.05) is 12.4 Å². The van der Waals surface area contributed by atoms with Crippen LogP contribution < -0.4 is 5.32 Å². The van der Waals surface area contributed by atoms with E-state index in [1.807, 2.05) is 31.2 Å². The van der Waals surface area contributed by atoms with Gasteiger partial charge in [-0.2, -0.15) is 0 Å². The number of anilines is 1. The highest BCUT2D eigenvalue weighted by molar-refractivity contribution is 6.13. The van der Waals surface area contributed by atoms with Crippen molar-refractivity contribution in [1.82, 2.24) is 0 Å². The first-order valence-corrected chi connectivity index (χ1v) is 10.1. The fourth-order valence-corrected chi connectivity index (χ4v) is 3.76. The van der Waals surface area contributed by atoms with Crippen LogP contribution in [0.5, 0.6) is 0 Å². The second-order valence-electron chi connectivity index (χ2n) is 8.43. The molecule has 0 aromatic heterocycles. The van der Waals surface area contributed by atoms with Crippen molar-refractivity contribution < 1.29 is 19.1 Å². The Kier molecular flexibility index (Phi) is 7.42. The molecule has 3 atom stereocenters. The summed E-state index contributed by atoms with van der Waals surface area (Å²) < 4.78 is 11.2. The lowest BCUT2D eigenvalue weighted by atomic mass is 9.71. The van der Waals surface area contributed by atoms with Crippen LogP contribution in [0.3, 0.4) is 0 Å². The Morgan fingerprint density at radius 2 is 1.93 bits per heavy atom. The first-order chi connectivity index (χ1) is 13.6. The molecule has 158 valence electrons. The average Bonchev–Trinajstić information content (AvgIpc) is 2.67. The molecule has 5 nitrogen and oxygen atoms in total. The number of aryl methyl sites for hydroxylation is 1. The van der Waals surface area contributed by atoms with Gasteiger partial charge in [-0.1, -0.05) is 39.1 Å². The van der Waals surface area contributed by atoms with E-state index in [9.17, 15) is 9.59 Å². The molecule has 0 radical (unpaired) electrons. The maximum atomic E-state index is 13.1. The molecule has 1 saturated heterocycles. The molecule has 29 heavy (non-hydrogen) atoms. The van der Waals surface area contributed by atoms with Gasteiger partial charge in [0.1, 0.15) is 0 Å². The normalized spacial score (nSPS) is 24.5. The molecule has 0 amide bonds. The Morgan fingerprint density at radius 3 is 2.45 bits per heavy atom. The smallest absolute Gasteiger partial charge is 0.322 e. The van der Waals surface area contributed by atoms with E-state index in [0.717, 1.165) is 16.9 Å². The van der Waals surface area contributed by atoms with Crippen LogP contribution in [-0.4, -0.2) is 31.1 Å². The SMILES string of the molecule is C=C(C)Nc1ccc(CCC2OC(CC(C)C)C(=C)C(=O)C2(C)C(=O)OC)cc1. The summed E-state index contributed by atoms with van der Waals surface area (Å²) >= 11 is 0. The fraction of sp³-hybridized carbons (Fsp3) is 0.500. The Morgan fingerprint density at radius 1 is 1.31 bits per heavy atom. The van der Waals surface area contributed by atoms with Gasteiger partial charge >= 0.3 is 5.97 Å². The highest BCUT2D eigenvalue weighted by Gasteiger charge is 2.55. The molecule has 1 aliphatic rings. The van der Waals surface area contributed by atoms with Crippen molar-refractivity contribution in [3.8, 4) is 0 Å². The summed E-state index contributed by atoms with van der Waals surface area (Å²) in [4.78, 5) is 25.7. The third kappa shape index (κ3) is 5.15. The number of ether oxygens (including phenoxy) is 2. The van der Waals surface area contributed by atoms with E-state index in [-0.39, 0.29) is 11.9 Å². The van der Waals surface area contributed by atoms with Crippen LogP contribution in [0, 0.1) is 11.3 Å². The van der Waals surface area contributed by atoms with Gasteiger partial charge in [0.2, 0.25) is 0 Å². The molecule has 0 aliphatic carbocycles. The second kappa shape index (κ2) is 9.40. The highest BCUT2D eigenvalue weighted by Crippen LogP contribution is 2.40. The van der Waals surface area contributed by atoms with E-state index in [1.54, 1.807) is 6.92 Å². The van der Waals surface area contributed by atoms with Gasteiger partial charge in [-0.15, -0.1) is 0 Å². The molecule has 0 saturated carbocycles. The van der Waals surface area contributed by atoms with Gasteiger partial charge in [0.25, 0.3) is 0 Å². The molecular weight excluding hydrogens is 366 g/mol. The van der Waals surface area contributed by atoms with Crippen molar-refractivity contribution in [1.29, 1.82) is 0 Å². The number of carbonyl (C=O) groups excluding carboxylic acids is 2. The molecule has 0 bridgehead atoms. The van der Waals surface area contributed by atoms with E-state index >= 15 is 0 Å². The zero-order valence-electron chi connectivity index (χ0n) is 18.2. The number of hydrogen-bond acceptors (Lipinski definition) is 5. The van der Waals surface area contributed by atoms with E-state index in [0.29, 0.717) is 30.8 Å². The van der Waals surface area contributed by atoms with Crippen LogP contribution in [-0.2, 0) is 25.5 Å². The first kappa shape index (κ1) is 22.9. The van der Waals surface area contributed by atoms with Crippen molar-refractivity contribution in [3.63, 3.8) is 0 Å². The van der Waals surface area contributed by atoms with Crippen LogP contribution in [0.2, 0.25) is 0 Å². The third-order valence-electron chi connectivity index (χ3n) is 5.43. The summed E-state index contributed by atoms with van der Waals surface area (Å²) in [5.74, 6) is -0.494. The van der Waals surface area contributed by atoms with Crippen molar-refractivity contribution in [2.45, 2.75) is 59.2 Å². The number of esters is 1. The fourth-order valence-electron chi connectivity index (χ4n) is 3.76. The van der Waals surface area contributed by atoms with Crippen molar-refractivity contribution in [3.05, 3.63) is 54.3 Å². The van der Waals surface area contributed by atoms with Gasteiger partial charge in [-0.25, -0.2) is 0 Å². The molecule has 1 aromatic rings. The minimum absolute atomic E-state index is 0.271. The maximum Gasteiger partial charge on any atom is 0.322 e. The summed E-state index contributed by atoms with van der Waals surface area (Å²) in [6, 6.07) is 8.02. The number of carbonyl (C=O) groups is 2. The van der Waals surface area contributed by atoms with Crippen LogP contribution in [0.1, 0.15) is 46.1 Å². The lowest BCUT2D eigenvalue weighted by Crippen LogP contribution is -2.55. The molecule has 2 rings (SSSR count). The molecule has 5 heteroatoms. The number of allylic oxidation sites excluding steroid dienone is 1. The Bertz CT molecular complexity index is 781. The van der Waals surface area contributed by atoms with Gasteiger partial charge in [-0.3, -0.25) is 9.59 Å². The summed E-state index contributed by atoms with van der Waals surface area (Å²) in [5.41, 5.74) is 1.93. The predicted molar refractivity (Wildman–Crippen MR) is 116 cm³/mol. The van der Waals surface area contributed by atoms with E-state index in [4.69, 9.17) is 9.47 Å². The molecule has 3 unspecified atom stereocenters. The monoisotopic (exact) mass is 399 g/mol. The Balaban J connectivity index is 2.20. The minimum Gasteiger partial charge on any atom is -0.468 e. The topological polar surface area (TPSA) is 64.6 Å². The van der Waals surface area contributed by atoms with Crippen molar-refractivity contribution in [2.24, 2.45) is 11.3 Å². The van der Waals surface area contributed by atoms with Gasteiger partial charge in [-0.05, 0) is 56.7 Å². The number of ketones is 1. The van der Waals surface area contributed by atoms with Crippen LogP contribution in [0.4, 0.5) is 5.69 Å². The lowest BCUT2D eigenvalue weighted by Gasteiger charge is -2.42. The summed E-state index contributed by atoms with van der Waals surface area (Å²) in [6.45, 7) is 15.4. The summed E-state index contributed by atoms with van der Waals surface area (Å²) in [7, 11) is 1.30. The predicted octanol–water partition coefficient (Wildman–Crippen LogP) is 4.68. The average molecular weight is 400 g/mol. The maximum absolute atomic E-state index is 13.1.